The first-order valence-corrected chi connectivity index (χ1v) is 9.55. The van der Waals surface area contributed by atoms with Gasteiger partial charge in [-0.25, -0.2) is 17.8 Å². The average molecular weight is 435 g/mol. The van der Waals surface area contributed by atoms with E-state index in [-0.39, 0.29) is 12.3 Å². The zero-order chi connectivity index (χ0) is 21.1. The maximum Gasteiger partial charge on any atom is 0.385 e. The van der Waals surface area contributed by atoms with Crippen LogP contribution in [0.1, 0.15) is 12.8 Å². The van der Waals surface area contributed by atoms with Crippen molar-refractivity contribution < 1.29 is 40.5 Å². The quantitative estimate of drug-likeness (QED) is 0.216. The molecule has 0 aromatic heterocycles. The molecular weight excluding hydrogens is 420 g/mol. The van der Waals surface area contributed by atoms with Crippen molar-refractivity contribution in [3.05, 3.63) is 59.4 Å². The third-order valence-corrected chi connectivity index (χ3v) is 5.78. The van der Waals surface area contributed by atoms with Gasteiger partial charge in [-0.2, -0.15) is 8.78 Å². The summed E-state index contributed by atoms with van der Waals surface area (Å²) in [7, 11) is -1.29. The summed E-state index contributed by atoms with van der Waals surface area (Å²) in [4.78, 5) is 12.0. The predicted octanol–water partition coefficient (Wildman–Crippen LogP) is 4.70. The van der Waals surface area contributed by atoms with Crippen molar-refractivity contribution in [3.63, 3.8) is 0 Å². The maximum absolute atomic E-state index is 14.1. The molecule has 0 N–H and O–H groups in total. The van der Waals surface area contributed by atoms with Crippen LogP contribution in [0.2, 0.25) is 0 Å². The van der Waals surface area contributed by atoms with Crippen molar-refractivity contribution in [3.8, 4) is 11.5 Å². The fourth-order valence-electron chi connectivity index (χ4n) is 2.76. The Balaban J connectivity index is 1.99. The highest BCUT2D eigenvalue weighted by molar-refractivity contribution is 7.45. The Morgan fingerprint density at radius 3 is 2.14 bits per heavy atom. The molecule has 0 spiro atoms. The van der Waals surface area contributed by atoms with Crippen molar-refractivity contribution in [2.75, 3.05) is 13.7 Å². The number of para-hydroxylation sites is 1. The van der Waals surface area contributed by atoms with E-state index in [9.17, 15) is 26.7 Å². The van der Waals surface area contributed by atoms with Gasteiger partial charge in [0.2, 0.25) is 34.8 Å². The first-order valence-electron chi connectivity index (χ1n) is 8.42. The second-order valence-electron chi connectivity index (χ2n) is 5.98. The first-order chi connectivity index (χ1) is 13.8. The number of ether oxygens (including phenoxy) is 1. The number of hydrogen-bond acceptors (Lipinski definition) is 5. The van der Waals surface area contributed by atoms with Gasteiger partial charge in [0.25, 0.3) is 0 Å². The molecule has 3 rings (SSSR count). The highest BCUT2D eigenvalue weighted by atomic mass is 31.2. The molecule has 2 atom stereocenters. The van der Waals surface area contributed by atoms with Gasteiger partial charge in [0.1, 0.15) is 11.8 Å². The molecule has 5 nitrogen and oxygen atoms in total. The lowest BCUT2D eigenvalue weighted by atomic mass is 10.2. The van der Waals surface area contributed by atoms with E-state index >= 15 is 0 Å². The molecule has 1 aliphatic rings. The predicted molar refractivity (Wildman–Crippen MR) is 92.6 cm³/mol. The molecule has 2 aromatic carbocycles. The lowest BCUT2D eigenvalue weighted by Crippen LogP contribution is -2.35. The molecule has 1 aliphatic heterocycles. The Kier molecular flexibility index (Phi) is 6.54. The van der Waals surface area contributed by atoms with Gasteiger partial charge in [-0.1, -0.05) is 18.2 Å². The summed E-state index contributed by atoms with van der Waals surface area (Å²) < 4.78 is 85.5. The molecule has 1 saturated heterocycles. The van der Waals surface area contributed by atoms with Gasteiger partial charge in [0.15, 0.2) is 0 Å². The number of halogens is 5. The van der Waals surface area contributed by atoms with Gasteiger partial charge in [0.05, 0.1) is 7.11 Å². The van der Waals surface area contributed by atoms with E-state index in [0.29, 0.717) is 12.8 Å². The van der Waals surface area contributed by atoms with Gasteiger partial charge < -0.3 is 13.8 Å². The van der Waals surface area contributed by atoms with Crippen LogP contribution in [0.5, 0.6) is 11.5 Å². The van der Waals surface area contributed by atoms with Crippen molar-refractivity contribution in [1.82, 2.24) is 4.67 Å². The summed E-state index contributed by atoms with van der Waals surface area (Å²) in [5.41, 5.74) is 0. The lowest BCUT2D eigenvalue weighted by Gasteiger charge is -2.29. The van der Waals surface area contributed by atoms with Crippen LogP contribution in [0, 0.1) is 29.1 Å². The van der Waals surface area contributed by atoms with E-state index in [1.807, 2.05) is 0 Å². The minimum atomic E-state index is -2.46. The zero-order valence-electron chi connectivity index (χ0n) is 15.0. The molecule has 0 amide bonds. The number of benzene rings is 2. The van der Waals surface area contributed by atoms with Gasteiger partial charge in [-0.05, 0) is 25.0 Å². The third kappa shape index (κ3) is 4.28. The van der Waals surface area contributed by atoms with Crippen molar-refractivity contribution in [1.29, 1.82) is 0 Å². The topological polar surface area (TPSA) is 48.0 Å². The van der Waals surface area contributed by atoms with Crippen LogP contribution in [0.3, 0.4) is 0 Å². The number of esters is 1. The molecule has 2 unspecified atom stereocenters. The van der Waals surface area contributed by atoms with E-state index in [1.54, 1.807) is 18.2 Å². The van der Waals surface area contributed by atoms with Crippen LogP contribution in [-0.4, -0.2) is 30.3 Å². The normalized spacial score (nSPS) is 17.8. The molecule has 0 radical (unpaired) electrons. The fraction of sp³-hybridized carbons (Fsp3) is 0.278. The SMILES string of the molecule is COC(=O)C1CCCN1P(Oc1ccccc1)Oc1c(F)c(F)c(F)c(F)c1F. The largest absolute Gasteiger partial charge is 0.468 e. The second-order valence-corrected chi connectivity index (χ2v) is 7.33. The van der Waals surface area contributed by atoms with Crippen LogP contribution in [0.4, 0.5) is 22.0 Å². The monoisotopic (exact) mass is 435 g/mol. The Morgan fingerprint density at radius 1 is 0.966 bits per heavy atom. The van der Waals surface area contributed by atoms with Crippen LogP contribution >= 0.6 is 8.53 Å². The summed E-state index contributed by atoms with van der Waals surface area (Å²) in [6, 6.07) is 7.09. The van der Waals surface area contributed by atoms with Crippen LogP contribution < -0.4 is 9.05 Å². The van der Waals surface area contributed by atoms with E-state index in [4.69, 9.17) is 13.8 Å². The molecule has 11 heteroatoms. The van der Waals surface area contributed by atoms with Gasteiger partial charge >= 0.3 is 14.5 Å². The standard InChI is InChI=1S/C18H15F5NO4P/c1-26-18(25)11-8-5-9-24(11)29(27-10-6-3-2-4-7-10)28-17-15(22)13(20)12(19)14(21)16(17)23/h2-4,6-7,11H,5,8-9H2,1H3. The molecule has 1 fully saturated rings. The van der Waals surface area contributed by atoms with Crippen molar-refractivity contribution >= 4 is 14.5 Å². The number of methoxy groups -OCH3 is 1. The molecule has 0 aliphatic carbocycles. The van der Waals surface area contributed by atoms with E-state index in [0.717, 1.165) is 0 Å². The smallest absolute Gasteiger partial charge is 0.385 e. The molecular formula is C18H15F5NO4P. The summed E-state index contributed by atoms with van der Waals surface area (Å²) in [5, 5.41) is 0. The summed E-state index contributed by atoms with van der Waals surface area (Å²) >= 11 is 0. The van der Waals surface area contributed by atoms with Crippen molar-refractivity contribution in [2.45, 2.75) is 18.9 Å². The number of carbonyl (C=O) groups is 1. The van der Waals surface area contributed by atoms with E-state index in [1.165, 1.54) is 23.9 Å². The molecule has 0 bridgehead atoms. The Morgan fingerprint density at radius 2 is 1.55 bits per heavy atom. The van der Waals surface area contributed by atoms with Crippen molar-refractivity contribution in [2.24, 2.45) is 0 Å². The Labute approximate surface area is 163 Å². The minimum absolute atomic E-state index is 0.220. The average Bonchev–Trinajstić information content (AvgIpc) is 3.23. The van der Waals surface area contributed by atoms with Crippen LogP contribution in [0.25, 0.3) is 0 Å². The lowest BCUT2D eigenvalue weighted by molar-refractivity contribution is -0.144. The number of nitrogens with zero attached hydrogens (tertiary/aromatic N) is 1. The molecule has 0 saturated carbocycles. The van der Waals surface area contributed by atoms with E-state index in [2.05, 4.69) is 0 Å². The third-order valence-electron chi connectivity index (χ3n) is 4.17. The summed E-state index contributed by atoms with van der Waals surface area (Å²) in [6.45, 7) is 0.230. The number of rotatable bonds is 6. The zero-order valence-corrected chi connectivity index (χ0v) is 15.9. The highest BCUT2D eigenvalue weighted by Crippen LogP contribution is 2.49. The number of hydrogen-bond donors (Lipinski definition) is 0. The molecule has 156 valence electrons. The van der Waals surface area contributed by atoms with E-state index < -0.39 is 55.4 Å². The summed E-state index contributed by atoms with van der Waals surface area (Å²) in [6.07, 6.45) is 0.862. The van der Waals surface area contributed by atoms with Gasteiger partial charge in [-0.3, -0.25) is 4.79 Å². The number of carbonyl (C=O) groups excluding carboxylic acids is 1. The molecule has 2 aromatic rings. The molecule has 1 heterocycles. The van der Waals surface area contributed by atoms with Crippen LogP contribution in [-0.2, 0) is 9.53 Å². The Hall–Kier alpha value is -2.45. The minimum Gasteiger partial charge on any atom is -0.468 e. The van der Waals surface area contributed by atoms with Gasteiger partial charge in [0, 0.05) is 6.54 Å². The van der Waals surface area contributed by atoms with Gasteiger partial charge in [-0.15, -0.1) is 0 Å². The first kappa shape index (κ1) is 21.3. The highest BCUT2D eigenvalue weighted by Gasteiger charge is 2.42. The molecule has 29 heavy (non-hydrogen) atoms. The second kappa shape index (κ2) is 8.92. The summed E-state index contributed by atoms with van der Waals surface area (Å²) in [5.74, 6) is -12.7. The maximum atomic E-state index is 14.1. The van der Waals surface area contributed by atoms with Crippen LogP contribution in [0.15, 0.2) is 30.3 Å². The fourth-order valence-corrected chi connectivity index (χ4v) is 4.37. The Bertz CT molecular complexity index is 873.